The van der Waals surface area contributed by atoms with Crippen molar-refractivity contribution in [3.05, 3.63) is 28.8 Å². The van der Waals surface area contributed by atoms with E-state index in [9.17, 15) is 5.11 Å². The predicted molar refractivity (Wildman–Crippen MR) is 133 cm³/mol. The summed E-state index contributed by atoms with van der Waals surface area (Å²) in [6, 6.07) is 4.36. The maximum Gasteiger partial charge on any atom is 0.124 e. The molecule has 0 amide bonds. The zero-order valence-corrected chi connectivity index (χ0v) is 21.2. The van der Waals surface area contributed by atoms with Gasteiger partial charge >= 0.3 is 0 Å². The van der Waals surface area contributed by atoms with Gasteiger partial charge in [-0.25, -0.2) is 0 Å². The smallest absolute Gasteiger partial charge is 0.124 e. The molecular formula is C25H46N6O. The van der Waals surface area contributed by atoms with Gasteiger partial charge in [-0.2, -0.15) is 0 Å². The predicted octanol–water partition coefficient (Wildman–Crippen LogP) is 1.06. The van der Waals surface area contributed by atoms with Crippen molar-refractivity contribution in [3.63, 3.8) is 0 Å². The van der Waals surface area contributed by atoms with E-state index in [-0.39, 0.29) is 0 Å². The maximum atomic E-state index is 11.3. The molecule has 2 saturated heterocycles. The molecule has 1 N–H and O–H groups in total. The maximum absolute atomic E-state index is 11.3. The van der Waals surface area contributed by atoms with E-state index in [0.717, 1.165) is 103 Å². The molecule has 2 fully saturated rings. The number of hydrogen-bond acceptors (Lipinski definition) is 7. The van der Waals surface area contributed by atoms with Crippen LogP contribution in [0.25, 0.3) is 0 Å². The monoisotopic (exact) mass is 446 g/mol. The molecule has 2 aliphatic rings. The highest BCUT2D eigenvalue weighted by Crippen LogP contribution is 2.27. The molecule has 1 aromatic carbocycles. The van der Waals surface area contributed by atoms with Crippen molar-refractivity contribution in [1.82, 2.24) is 29.4 Å². The van der Waals surface area contributed by atoms with Crippen molar-refractivity contribution in [2.24, 2.45) is 0 Å². The van der Waals surface area contributed by atoms with Crippen LogP contribution in [-0.2, 0) is 13.1 Å². The van der Waals surface area contributed by atoms with Crippen LogP contribution in [0.2, 0.25) is 0 Å². The van der Waals surface area contributed by atoms with E-state index in [1.54, 1.807) is 0 Å². The summed E-state index contributed by atoms with van der Waals surface area (Å²) in [6.07, 6.45) is 0. The van der Waals surface area contributed by atoms with Gasteiger partial charge in [0.2, 0.25) is 0 Å². The lowest BCUT2D eigenvalue weighted by molar-refractivity contribution is 0.220. The average molecular weight is 447 g/mol. The van der Waals surface area contributed by atoms with Gasteiger partial charge in [-0.1, -0.05) is 17.7 Å². The van der Waals surface area contributed by atoms with Crippen molar-refractivity contribution in [2.45, 2.75) is 20.0 Å². The van der Waals surface area contributed by atoms with Gasteiger partial charge < -0.3 is 24.7 Å². The lowest BCUT2D eigenvalue weighted by atomic mass is 10.0. The van der Waals surface area contributed by atoms with Crippen LogP contribution in [0, 0.1) is 6.92 Å². The summed E-state index contributed by atoms with van der Waals surface area (Å²) in [4.78, 5) is 14.6. The number of likely N-dealkylation sites (N-methyl/N-ethyl adjacent to an activating group) is 4. The number of nitrogens with zero attached hydrogens (tertiary/aromatic N) is 6. The first-order valence-electron chi connectivity index (χ1n) is 12.3. The highest BCUT2D eigenvalue weighted by Gasteiger charge is 2.18. The first-order valence-corrected chi connectivity index (χ1v) is 12.3. The first-order chi connectivity index (χ1) is 15.3. The Morgan fingerprint density at radius 2 is 0.844 bits per heavy atom. The van der Waals surface area contributed by atoms with Gasteiger partial charge in [-0.3, -0.25) is 9.80 Å². The fourth-order valence-corrected chi connectivity index (χ4v) is 4.58. The average Bonchev–Trinajstić information content (AvgIpc) is 2.88. The summed E-state index contributed by atoms with van der Waals surface area (Å²) in [6.45, 7) is 16.7. The number of benzene rings is 1. The molecule has 0 saturated carbocycles. The Labute approximate surface area is 196 Å². The van der Waals surface area contributed by atoms with Gasteiger partial charge in [0.15, 0.2) is 0 Å². The van der Waals surface area contributed by atoms with Crippen LogP contribution in [0.5, 0.6) is 5.75 Å². The van der Waals surface area contributed by atoms with Gasteiger partial charge in [-0.05, 0) is 35.1 Å². The molecule has 2 aliphatic heterocycles. The molecule has 1 aromatic rings. The molecule has 0 spiro atoms. The second kappa shape index (κ2) is 12.3. The molecule has 0 aromatic heterocycles. The summed E-state index contributed by atoms with van der Waals surface area (Å²) >= 11 is 0. The van der Waals surface area contributed by atoms with E-state index in [1.165, 1.54) is 5.56 Å². The zero-order valence-electron chi connectivity index (χ0n) is 21.2. The van der Waals surface area contributed by atoms with Crippen molar-refractivity contribution in [2.75, 3.05) is 107 Å². The SMILES string of the molecule is Cc1cc(CN2CCN(C)CCN(C)CC2)c(O)c(CN2CCN(C)CCN(C)CC2)c1. The molecular weight excluding hydrogens is 400 g/mol. The lowest BCUT2D eigenvalue weighted by Gasteiger charge is -2.27. The number of aryl methyl sites for hydroxylation is 1. The Bertz CT molecular complexity index is 631. The van der Waals surface area contributed by atoms with Crippen LogP contribution in [0.15, 0.2) is 12.1 Å². The van der Waals surface area contributed by atoms with E-state index in [0.29, 0.717) is 5.75 Å². The molecule has 0 radical (unpaired) electrons. The quantitative estimate of drug-likeness (QED) is 0.742. The number of rotatable bonds is 4. The fourth-order valence-electron chi connectivity index (χ4n) is 4.58. The summed E-state index contributed by atoms with van der Waals surface area (Å²) < 4.78 is 0. The molecule has 7 nitrogen and oxygen atoms in total. The van der Waals surface area contributed by atoms with E-state index in [4.69, 9.17) is 0 Å². The minimum atomic E-state index is 0.499. The van der Waals surface area contributed by atoms with E-state index < -0.39 is 0 Å². The molecule has 3 rings (SSSR count). The van der Waals surface area contributed by atoms with Crippen LogP contribution in [0.4, 0.5) is 0 Å². The van der Waals surface area contributed by atoms with Crippen LogP contribution in [0.1, 0.15) is 16.7 Å². The Kier molecular flexibility index (Phi) is 9.77. The number of aromatic hydroxyl groups is 1. The first kappa shape index (κ1) is 25.4. The van der Waals surface area contributed by atoms with Crippen molar-refractivity contribution >= 4 is 0 Å². The summed E-state index contributed by atoms with van der Waals surface area (Å²) in [5.74, 6) is 0.499. The van der Waals surface area contributed by atoms with Gasteiger partial charge in [0.05, 0.1) is 0 Å². The Morgan fingerprint density at radius 3 is 1.16 bits per heavy atom. The van der Waals surface area contributed by atoms with Crippen LogP contribution in [-0.4, -0.2) is 141 Å². The lowest BCUT2D eigenvalue weighted by Crippen LogP contribution is -2.35. The van der Waals surface area contributed by atoms with Crippen molar-refractivity contribution in [1.29, 1.82) is 0 Å². The number of hydrogen-bond donors (Lipinski definition) is 1. The van der Waals surface area contributed by atoms with Gasteiger partial charge in [0, 0.05) is 103 Å². The third-order valence-corrected chi connectivity index (χ3v) is 7.12. The Hall–Kier alpha value is -1.22. The molecule has 182 valence electrons. The summed E-state index contributed by atoms with van der Waals surface area (Å²) in [5, 5.41) is 11.3. The third kappa shape index (κ3) is 7.97. The zero-order chi connectivity index (χ0) is 23.1. The second-order valence-electron chi connectivity index (χ2n) is 10.2. The van der Waals surface area contributed by atoms with Crippen LogP contribution in [0.3, 0.4) is 0 Å². The topological polar surface area (TPSA) is 39.7 Å². The summed E-state index contributed by atoms with van der Waals surface area (Å²) in [7, 11) is 8.83. The van der Waals surface area contributed by atoms with Crippen molar-refractivity contribution < 1.29 is 5.11 Å². The minimum absolute atomic E-state index is 0.499. The van der Waals surface area contributed by atoms with Gasteiger partial charge in [-0.15, -0.1) is 0 Å². The second-order valence-corrected chi connectivity index (χ2v) is 10.2. The largest absolute Gasteiger partial charge is 0.507 e. The number of phenols is 1. The van der Waals surface area contributed by atoms with E-state index in [2.05, 4.69) is 76.6 Å². The summed E-state index contributed by atoms with van der Waals surface area (Å²) in [5.41, 5.74) is 3.39. The van der Waals surface area contributed by atoms with Crippen molar-refractivity contribution in [3.8, 4) is 5.75 Å². The standard InChI is InChI=1S/C25H46N6O/c1-22-18-23(20-30-14-10-26(2)6-7-27(3)11-15-30)25(32)24(19-22)21-31-16-12-28(4)8-9-29(5)13-17-31/h18-19,32H,6-17,20-21H2,1-5H3. The van der Waals surface area contributed by atoms with E-state index >= 15 is 0 Å². The minimum Gasteiger partial charge on any atom is -0.507 e. The highest BCUT2D eigenvalue weighted by molar-refractivity contribution is 5.43. The third-order valence-electron chi connectivity index (χ3n) is 7.12. The number of phenolic OH excluding ortho intramolecular Hbond substituents is 1. The molecule has 0 aliphatic carbocycles. The highest BCUT2D eigenvalue weighted by atomic mass is 16.3. The molecule has 2 heterocycles. The molecule has 32 heavy (non-hydrogen) atoms. The van der Waals surface area contributed by atoms with Crippen LogP contribution >= 0.6 is 0 Å². The molecule has 7 heteroatoms. The van der Waals surface area contributed by atoms with Gasteiger partial charge in [0.25, 0.3) is 0 Å². The van der Waals surface area contributed by atoms with Crippen LogP contribution < -0.4 is 0 Å². The Morgan fingerprint density at radius 1 is 0.562 bits per heavy atom. The Balaban J connectivity index is 1.71. The molecule has 0 atom stereocenters. The normalized spacial score (nSPS) is 23.2. The molecule has 0 bridgehead atoms. The fraction of sp³-hybridized carbons (Fsp3) is 0.760. The van der Waals surface area contributed by atoms with Gasteiger partial charge in [0.1, 0.15) is 5.75 Å². The van der Waals surface area contributed by atoms with E-state index in [1.807, 2.05) is 0 Å². The molecule has 0 unspecified atom stereocenters.